The lowest BCUT2D eigenvalue weighted by Gasteiger charge is -2.12. The molecule has 0 saturated heterocycles. The molecule has 0 aliphatic carbocycles. The fourth-order valence-corrected chi connectivity index (χ4v) is 2.59. The third-order valence-electron chi connectivity index (χ3n) is 2.74. The second-order valence-corrected chi connectivity index (χ2v) is 5.14. The highest BCUT2D eigenvalue weighted by Gasteiger charge is 2.12. The van der Waals surface area contributed by atoms with Gasteiger partial charge in [-0.05, 0) is 35.6 Å². The second kappa shape index (κ2) is 5.34. The van der Waals surface area contributed by atoms with E-state index in [9.17, 15) is 5.11 Å². The molecule has 17 heavy (non-hydrogen) atoms. The van der Waals surface area contributed by atoms with Crippen molar-refractivity contribution in [2.24, 2.45) is 0 Å². The number of hydrogen-bond donors (Lipinski definition) is 1. The van der Waals surface area contributed by atoms with Gasteiger partial charge in [0, 0.05) is 11.3 Å². The molecular weight excluding hydrogens is 232 g/mol. The molecule has 0 aliphatic rings. The predicted octanol–water partition coefficient (Wildman–Crippen LogP) is 3.34. The van der Waals surface area contributed by atoms with Gasteiger partial charge in [-0.25, -0.2) is 0 Å². The number of thiophene rings is 1. The Morgan fingerprint density at radius 3 is 2.76 bits per heavy atom. The van der Waals surface area contributed by atoms with Crippen molar-refractivity contribution in [3.8, 4) is 5.75 Å². The number of aliphatic hydroxyl groups excluding tert-OH is 1. The molecule has 1 heterocycles. The molecule has 0 aliphatic heterocycles. The van der Waals surface area contributed by atoms with E-state index in [0.29, 0.717) is 6.42 Å². The molecule has 0 bridgehead atoms. The van der Waals surface area contributed by atoms with Crippen LogP contribution in [0.5, 0.6) is 5.75 Å². The monoisotopic (exact) mass is 248 g/mol. The number of aliphatic hydroxyl groups is 1. The highest BCUT2D eigenvalue weighted by atomic mass is 32.1. The maximum absolute atomic E-state index is 10.2. The van der Waals surface area contributed by atoms with E-state index in [1.807, 2.05) is 42.6 Å². The number of ether oxygens (including phenoxy) is 1. The summed E-state index contributed by atoms with van der Waals surface area (Å²) in [5.74, 6) is 0.832. The van der Waals surface area contributed by atoms with Crippen LogP contribution in [-0.4, -0.2) is 12.2 Å². The van der Waals surface area contributed by atoms with Gasteiger partial charge >= 0.3 is 0 Å². The molecule has 1 aromatic carbocycles. The first-order valence-corrected chi connectivity index (χ1v) is 6.43. The van der Waals surface area contributed by atoms with Gasteiger partial charge in [0.1, 0.15) is 5.75 Å². The number of benzene rings is 1. The zero-order valence-electron chi connectivity index (χ0n) is 10.0. The van der Waals surface area contributed by atoms with E-state index < -0.39 is 6.10 Å². The summed E-state index contributed by atoms with van der Waals surface area (Å²) in [6, 6.07) is 9.83. The zero-order chi connectivity index (χ0) is 12.3. The Kier molecular flexibility index (Phi) is 3.82. The SMILES string of the molecule is COc1ccccc1CC(O)c1csc(C)c1. The van der Waals surface area contributed by atoms with Gasteiger partial charge in [0.15, 0.2) is 0 Å². The van der Waals surface area contributed by atoms with Gasteiger partial charge in [-0.1, -0.05) is 18.2 Å². The normalized spacial score (nSPS) is 12.4. The average molecular weight is 248 g/mol. The molecular formula is C14H16O2S. The highest BCUT2D eigenvalue weighted by Crippen LogP contribution is 2.27. The molecule has 2 nitrogen and oxygen atoms in total. The summed E-state index contributed by atoms with van der Waals surface area (Å²) in [7, 11) is 1.65. The summed E-state index contributed by atoms with van der Waals surface area (Å²) < 4.78 is 5.28. The van der Waals surface area contributed by atoms with Crippen LogP contribution in [0, 0.1) is 6.92 Å². The number of rotatable bonds is 4. The van der Waals surface area contributed by atoms with Crippen LogP contribution >= 0.6 is 11.3 Å². The van der Waals surface area contributed by atoms with Crippen molar-refractivity contribution in [1.82, 2.24) is 0 Å². The van der Waals surface area contributed by atoms with Crippen LogP contribution in [0.1, 0.15) is 22.1 Å². The van der Waals surface area contributed by atoms with Crippen LogP contribution in [-0.2, 0) is 6.42 Å². The molecule has 1 atom stereocenters. The minimum atomic E-state index is -0.462. The topological polar surface area (TPSA) is 29.5 Å². The van der Waals surface area contributed by atoms with E-state index in [-0.39, 0.29) is 0 Å². The molecule has 0 amide bonds. The molecule has 1 N–H and O–H groups in total. The summed E-state index contributed by atoms with van der Waals surface area (Å²) >= 11 is 1.66. The quantitative estimate of drug-likeness (QED) is 0.899. The lowest BCUT2D eigenvalue weighted by atomic mass is 10.0. The number of para-hydroxylation sites is 1. The van der Waals surface area contributed by atoms with Crippen molar-refractivity contribution in [2.45, 2.75) is 19.4 Å². The van der Waals surface area contributed by atoms with Gasteiger partial charge in [0.05, 0.1) is 13.2 Å². The summed E-state index contributed by atoms with van der Waals surface area (Å²) in [6.07, 6.45) is 0.122. The molecule has 1 unspecified atom stereocenters. The summed E-state index contributed by atoms with van der Waals surface area (Å²) in [5, 5.41) is 12.2. The van der Waals surface area contributed by atoms with Gasteiger partial charge in [0.25, 0.3) is 0 Å². The van der Waals surface area contributed by atoms with Gasteiger partial charge in [0.2, 0.25) is 0 Å². The van der Waals surface area contributed by atoms with E-state index in [2.05, 4.69) is 0 Å². The zero-order valence-corrected chi connectivity index (χ0v) is 10.8. The molecule has 0 spiro atoms. The molecule has 0 fully saturated rings. The fraction of sp³-hybridized carbons (Fsp3) is 0.286. The van der Waals surface area contributed by atoms with E-state index in [1.54, 1.807) is 18.4 Å². The summed E-state index contributed by atoms with van der Waals surface area (Å²) in [4.78, 5) is 1.22. The molecule has 0 radical (unpaired) electrons. The average Bonchev–Trinajstić information content (AvgIpc) is 2.77. The summed E-state index contributed by atoms with van der Waals surface area (Å²) in [5.41, 5.74) is 2.02. The predicted molar refractivity (Wildman–Crippen MR) is 70.7 cm³/mol. The fourth-order valence-electron chi connectivity index (χ4n) is 1.84. The Morgan fingerprint density at radius 1 is 1.35 bits per heavy atom. The van der Waals surface area contributed by atoms with Gasteiger partial charge in [-0.3, -0.25) is 0 Å². The molecule has 2 aromatic rings. The van der Waals surface area contributed by atoms with Crippen molar-refractivity contribution in [2.75, 3.05) is 7.11 Å². The van der Waals surface area contributed by atoms with Crippen molar-refractivity contribution >= 4 is 11.3 Å². The lowest BCUT2D eigenvalue weighted by molar-refractivity contribution is 0.177. The Labute approximate surface area is 105 Å². The lowest BCUT2D eigenvalue weighted by Crippen LogP contribution is -2.02. The van der Waals surface area contributed by atoms with Crippen molar-refractivity contribution in [3.63, 3.8) is 0 Å². The first-order chi connectivity index (χ1) is 8.20. The number of methoxy groups -OCH3 is 1. The Morgan fingerprint density at radius 2 is 2.12 bits per heavy atom. The van der Waals surface area contributed by atoms with Crippen LogP contribution in [0.25, 0.3) is 0 Å². The van der Waals surface area contributed by atoms with E-state index in [4.69, 9.17) is 4.74 Å². The highest BCUT2D eigenvalue weighted by molar-refractivity contribution is 7.10. The Balaban J connectivity index is 2.15. The third kappa shape index (κ3) is 2.87. The number of hydrogen-bond acceptors (Lipinski definition) is 3. The van der Waals surface area contributed by atoms with Crippen LogP contribution in [0.2, 0.25) is 0 Å². The molecule has 0 saturated carbocycles. The maximum Gasteiger partial charge on any atom is 0.122 e. The second-order valence-electron chi connectivity index (χ2n) is 4.02. The Bertz CT molecular complexity index is 490. The first-order valence-electron chi connectivity index (χ1n) is 5.55. The largest absolute Gasteiger partial charge is 0.496 e. The Hall–Kier alpha value is -1.32. The first kappa shape index (κ1) is 12.1. The van der Waals surface area contributed by atoms with Crippen molar-refractivity contribution in [3.05, 3.63) is 51.7 Å². The molecule has 1 aromatic heterocycles. The van der Waals surface area contributed by atoms with Gasteiger partial charge in [-0.15, -0.1) is 11.3 Å². The van der Waals surface area contributed by atoms with Gasteiger partial charge < -0.3 is 9.84 Å². The van der Waals surface area contributed by atoms with Crippen LogP contribution in [0.4, 0.5) is 0 Å². The summed E-state index contributed by atoms with van der Waals surface area (Å²) in [6.45, 7) is 2.05. The standard InChI is InChI=1S/C14H16O2S/c1-10-7-12(9-17-10)13(15)8-11-5-3-4-6-14(11)16-2/h3-7,9,13,15H,8H2,1-2H3. The smallest absolute Gasteiger partial charge is 0.122 e. The van der Waals surface area contributed by atoms with Crippen LogP contribution < -0.4 is 4.74 Å². The maximum atomic E-state index is 10.2. The molecule has 2 rings (SSSR count). The van der Waals surface area contributed by atoms with Crippen molar-refractivity contribution < 1.29 is 9.84 Å². The molecule has 3 heteroatoms. The minimum absolute atomic E-state index is 0.462. The van der Waals surface area contributed by atoms with Crippen molar-refractivity contribution in [1.29, 1.82) is 0 Å². The number of aryl methyl sites for hydroxylation is 1. The van der Waals surface area contributed by atoms with Crippen LogP contribution in [0.3, 0.4) is 0 Å². The van der Waals surface area contributed by atoms with Crippen LogP contribution in [0.15, 0.2) is 35.7 Å². The molecule has 90 valence electrons. The third-order valence-corrected chi connectivity index (χ3v) is 3.62. The minimum Gasteiger partial charge on any atom is -0.496 e. The van der Waals surface area contributed by atoms with Gasteiger partial charge in [-0.2, -0.15) is 0 Å². The van der Waals surface area contributed by atoms with E-state index in [1.165, 1.54) is 4.88 Å². The van der Waals surface area contributed by atoms with E-state index in [0.717, 1.165) is 16.9 Å². The van der Waals surface area contributed by atoms with E-state index >= 15 is 0 Å².